The molecule has 0 bridgehead atoms. The number of ether oxygens (including phenoxy) is 1. The highest BCUT2D eigenvalue weighted by atomic mass is 19.1. The number of rotatable bonds is 8. The Balaban J connectivity index is 1.66. The largest absolute Gasteiger partial charge is 0.389 e. The van der Waals surface area contributed by atoms with Gasteiger partial charge in [-0.2, -0.15) is 0 Å². The Morgan fingerprint density at radius 3 is 2.86 bits per heavy atom. The van der Waals surface area contributed by atoms with Gasteiger partial charge in [0.15, 0.2) is 0 Å². The highest BCUT2D eigenvalue weighted by molar-refractivity contribution is 5.78. The van der Waals surface area contributed by atoms with Crippen LogP contribution in [0.4, 0.5) is 8.78 Å². The number of hydrogen-bond acceptors (Lipinski definition) is 3. The maximum Gasteiger partial charge on any atom is 0.224 e. The Labute approximate surface area is 122 Å². The molecule has 1 aromatic carbocycles. The van der Waals surface area contributed by atoms with Crippen LogP contribution in [0.2, 0.25) is 0 Å². The van der Waals surface area contributed by atoms with Crippen molar-refractivity contribution in [2.75, 3.05) is 19.8 Å². The fourth-order valence-electron chi connectivity index (χ4n) is 1.85. The third-order valence-corrected chi connectivity index (χ3v) is 3.26. The number of nitrogens with one attached hydrogen (secondary N) is 1. The minimum atomic E-state index is -0.786. The van der Waals surface area contributed by atoms with Crippen LogP contribution in [-0.2, 0) is 16.0 Å². The zero-order chi connectivity index (χ0) is 15.2. The second-order valence-corrected chi connectivity index (χ2v) is 5.35. The van der Waals surface area contributed by atoms with Crippen LogP contribution in [0.5, 0.6) is 0 Å². The van der Waals surface area contributed by atoms with E-state index in [9.17, 15) is 18.7 Å². The van der Waals surface area contributed by atoms with Crippen molar-refractivity contribution in [2.24, 2.45) is 5.92 Å². The quantitative estimate of drug-likeness (QED) is 0.763. The highest BCUT2D eigenvalue weighted by Crippen LogP contribution is 2.28. The van der Waals surface area contributed by atoms with Gasteiger partial charge in [0.25, 0.3) is 0 Å². The molecule has 2 N–H and O–H groups in total. The van der Waals surface area contributed by atoms with Crippen LogP contribution < -0.4 is 5.32 Å². The van der Waals surface area contributed by atoms with Crippen LogP contribution in [0.15, 0.2) is 18.2 Å². The van der Waals surface area contributed by atoms with Crippen molar-refractivity contribution in [2.45, 2.75) is 25.4 Å². The van der Waals surface area contributed by atoms with Crippen LogP contribution in [0, 0.1) is 17.6 Å². The van der Waals surface area contributed by atoms with E-state index in [1.54, 1.807) is 0 Å². The van der Waals surface area contributed by atoms with Crippen LogP contribution in [0.25, 0.3) is 0 Å². The lowest BCUT2D eigenvalue weighted by Gasteiger charge is -2.12. The van der Waals surface area contributed by atoms with Crippen LogP contribution >= 0.6 is 0 Å². The summed E-state index contributed by atoms with van der Waals surface area (Å²) in [6.45, 7) is 0.861. The number of aliphatic hydroxyl groups is 1. The first kappa shape index (κ1) is 15.9. The van der Waals surface area contributed by atoms with E-state index in [2.05, 4.69) is 5.32 Å². The predicted octanol–water partition coefficient (Wildman–Crippen LogP) is 1.41. The molecule has 0 aliphatic heterocycles. The maximum atomic E-state index is 13.4. The van der Waals surface area contributed by atoms with Gasteiger partial charge in [0.1, 0.15) is 11.6 Å². The van der Waals surface area contributed by atoms with Crippen LogP contribution in [0.1, 0.15) is 18.4 Å². The van der Waals surface area contributed by atoms with Crippen molar-refractivity contribution in [3.63, 3.8) is 0 Å². The van der Waals surface area contributed by atoms with E-state index in [1.807, 2.05) is 0 Å². The molecule has 0 radical (unpaired) electrons. The van der Waals surface area contributed by atoms with E-state index in [1.165, 1.54) is 18.9 Å². The molecule has 1 aliphatic rings. The summed E-state index contributed by atoms with van der Waals surface area (Å²) in [5.74, 6) is -1.24. The van der Waals surface area contributed by atoms with Gasteiger partial charge >= 0.3 is 0 Å². The molecular formula is C15H19F2NO3. The van der Waals surface area contributed by atoms with Gasteiger partial charge in [-0.3, -0.25) is 4.79 Å². The SMILES string of the molecule is O=C(Cc1ccc(F)cc1F)NCC(O)COCC1CC1. The summed E-state index contributed by atoms with van der Waals surface area (Å²) in [5.41, 5.74) is 0.119. The second kappa shape index (κ2) is 7.47. The van der Waals surface area contributed by atoms with Crippen LogP contribution in [0.3, 0.4) is 0 Å². The first-order valence-electron chi connectivity index (χ1n) is 7.01. The lowest BCUT2D eigenvalue weighted by molar-refractivity contribution is -0.121. The van der Waals surface area contributed by atoms with Crippen molar-refractivity contribution < 1.29 is 23.4 Å². The Kier molecular flexibility index (Phi) is 5.64. The molecule has 1 unspecified atom stereocenters. The Hall–Kier alpha value is -1.53. The molecule has 2 rings (SSSR count). The molecule has 6 heteroatoms. The minimum Gasteiger partial charge on any atom is -0.389 e. The molecule has 116 valence electrons. The van der Waals surface area contributed by atoms with Crippen molar-refractivity contribution in [1.29, 1.82) is 0 Å². The van der Waals surface area contributed by atoms with E-state index in [-0.39, 0.29) is 25.1 Å². The predicted molar refractivity (Wildman–Crippen MR) is 72.6 cm³/mol. The number of benzene rings is 1. The zero-order valence-electron chi connectivity index (χ0n) is 11.6. The third kappa shape index (κ3) is 5.77. The Morgan fingerprint density at radius 1 is 1.43 bits per heavy atom. The van der Waals surface area contributed by atoms with Crippen LogP contribution in [-0.4, -0.2) is 36.9 Å². The molecule has 1 saturated carbocycles. The van der Waals surface area contributed by atoms with Gasteiger partial charge in [0.05, 0.1) is 19.1 Å². The molecule has 0 heterocycles. The summed E-state index contributed by atoms with van der Waals surface area (Å²) in [5, 5.41) is 12.1. The molecule has 0 saturated heterocycles. The van der Waals surface area contributed by atoms with Crippen molar-refractivity contribution in [3.8, 4) is 0 Å². The van der Waals surface area contributed by atoms with Crippen molar-refractivity contribution in [3.05, 3.63) is 35.4 Å². The van der Waals surface area contributed by atoms with Gasteiger partial charge in [-0.15, -0.1) is 0 Å². The smallest absolute Gasteiger partial charge is 0.224 e. The number of hydrogen-bond donors (Lipinski definition) is 2. The van der Waals surface area contributed by atoms with Gasteiger partial charge in [-0.05, 0) is 30.4 Å². The van der Waals surface area contributed by atoms with E-state index < -0.39 is 23.6 Å². The number of halogens is 2. The Bertz CT molecular complexity index is 492. The van der Waals surface area contributed by atoms with Gasteiger partial charge in [0.2, 0.25) is 5.91 Å². The molecular weight excluding hydrogens is 280 g/mol. The molecule has 0 aromatic heterocycles. The fourth-order valence-corrected chi connectivity index (χ4v) is 1.85. The van der Waals surface area contributed by atoms with Gasteiger partial charge in [-0.25, -0.2) is 8.78 Å². The molecule has 1 aromatic rings. The second-order valence-electron chi connectivity index (χ2n) is 5.35. The number of amides is 1. The fraction of sp³-hybridized carbons (Fsp3) is 0.533. The highest BCUT2D eigenvalue weighted by Gasteiger charge is 2.21. The molecule has 4 nitrogen and oxygen atoms in total. The summed E-state index contributed by atoms with van der Waals surface area (Å²) >= 11 is 0. The maximum absolute atomic E-state index is 13.4. The number of carbonyl (C=O) groups is 1. The summed E-state index contributed by atoms with van der Waals surface area (Å²) in [6.07, 6.45) is 1.37. The monoisotopic (exact) mass is 299 g/mol. The zero-order valence-corrected chi connectivity index (χ0v) is 11.6. The molecule has 1 fully saturated rings. The van der Waals surface area contributed by atoms with Gasteiger partial charge in [0, 0.05) is 19.2 Å². The summed E-state index contributed by atoms with van der Waals surface area (Å²) in [6, 6.07) is 3.08. The van der Waals surface area contributed by atoms with E-state index in [0.29, 0.717) is 12.5 Å². The molecule has 0 spiro atoms. The summed E-state index contributed by atoms with van der Waals surface area (Å²) < 4.78 is 31.4. The topological polar surface area (TPSA) is 58.6 Å². The number of aliphatic hydroxyl groups excluding tert-OH is 1. The first-order chi connectivity index (χ1) is 10.0. The lowest BCUT2D eigenvalue weighted by Crippen LogP contribution is -2.35. The molecule has 21 heavy (non-hydrogen) atoms. The Morgan fingerprint density at radius 2 is 2.19 bits per heavy atom. The van der Waals surface area contributed by atoms with E-state index in [0.717, 1.165) is 12.1 Å². The molecule has 1 aliphatic carbocycles. The summed E-state index contributed by atoms with van der Waals surface area (Å²) in [4.78, 5) is 11.6. The summed E-state index contributed by atoms with van der Waals surface area (Å²) in [7, 11) is 0. The molecule has 1 atom stereocenters. The van der Waals surface area contributed by atoms with E-state index >= 15 is 0 Å². The average molecular weight is 299 g/mol. The first-order valence-corrected chi connectivity index (χ1v) is 7.01. The normalized spacial score (nSPS) is 15.8. The number of carbonyl (C=O) groups excluding carboxylic acids is 1. The van der Waals surface area contributed by atoms with Crippen molar-refractivity contribution >= 4 is 5.91 Å². The molecule has 1 amide bonds. The minimum absolute atomic E-state index is 0.0479. The van der Waals surface area contributed by atoms with Crippen molar-refractivity contribution in [1.82, 2.24) is 5.32 Å². The van der Waals surface area contributed by atoms with E-state index in [4.69, 9.17) is 4.74 Å². The average Bonchev–Trinajstić information content (AvgIpc) is 3.24. The van der Waals surface area contributed by atoms with Gasteiger partial charge < -0.3 is 15.2 Å². The van der Waals surface area contributed by atoms with Gasteiger partial charge in [-0.1, -0.05) is 6.07 Å². The lowest BCUT2D eigenvalue weighted by atomic mass is 10.1. The third-order valence-electron chi connectivity index (χ3n) is 3.26. The standard InChI is InChI=1S/C15H19F2NO3/c16-12-4-3-11(14(17)6-12)5-15(20)18-7-13(19)9-21-8-10-1-2-10/h3-4,6,10,13,19H,1-2,5,7-9H2,(H,18,20).